The first kappa shape index (κ1) is 14.3. The van der Waals surface area contributed by atoms with Crippen molar-refractivity contribution in [1.29, 1.82) is 0 Å². The molecule has 3 rings (SSSR count). The summed E-state index contributed by atoms with van der Waals surface area (Å²) in [5.41, 5.74) is -0.0918. The van der Waals surface area contributed by atoms with E-state index in [4.69, 9.17) is 0 Å². The van der Waals surface area contributed by atoms with E-state index in [1.165, 1.54) is 19.3 Å². The van der Waals surface area contributed by atoms with Crippen LogP contribution in [0.2, 0.25) is 0 Å². The van der Waals surface area contributed by atoms with Crippen LogP contribution in [0.25, 0.3) is 0 Å². The Balaban J connectivity index is 0.000000574. The van der Waals surface area contributed by atoms with E-state index in [-0.39, 0.29) is 16.9 Å². The molecule has 0 radical (unpaired) electrons. The molecule has 1 saturated carbocycles. The number of hydrogen-bond acceptors (Lipinski definition) is 3. The van der Waals surface area contributed by atoms with Crippen LogP contribution in [-0.4, -0.2) is 39.5 Å². The molecule has 106 valence electrons. The largest absolute Gasteiger partial charge is 0.364 e. The molecule has 2 saturated heterocycles. The average Bonchev–Trinajstić information content (AvgIpc) is 2.88. The lowest BCUT2D eigenvalue weighted by molar-refractivity contribution is -0.274. The molecule has 1 aliphatic carbocycles. The number of fused-ring (bicyclic) bond motifs is 2. The maximum Gasteiger partial charge on any atom is 0.184 e. The molecule has 3 aliphatic rings. The van der Waals surface area contributed by atoms with Crippen molar-refractivity contribution in [3.8, 4) is 0 Å². The third-order valence-electron chi connectivity index (χ3n) is 5.51. The fraction of sp³-hybridized carbons (Fsp3) is 1.00. The zero-order valence-corrected chi connectivity index (χ0v) is 12.4. The van der Waals surface area contributed by atoms with Crippen LogP contribution in [0, 0.1) is 11.3 Å². The maximum atomic E-state index is 10.6. The van der Waals surface area contributed by atoms with Gasteiger partial charge in [0.2, 0.25) is 0 Å². The second-order valence-electron chi connectivity index (χ2n) is 6.36. The quantitative estimate of drug-likeness (QED) is 0.745. The molecule has 0 aromatic carbocycles. The molecule has 1 atom stereocenters. The molecule has 2 N–H and O–H groups in total. The Bertz CT molecular complexity index is 310. The lowest BCUT2D eigenvalue weighted by atomic mass is 9.70. The summed E-state index contributed by atoms with van der Waals surface area (Å²) in [5, 5.41) is 21.3. The highest BCUT2D eigenvalue weighted by molar-refractivity contribution is 5.24. The average molecular weight is 255 g/mol. The van der Waals surface area contributed by atoms with Gasteiger partial charge in [0.05, 0.1) is 5.54 Å². The molecule has 0 aromatic rings. The predicted octanol–water partition coefficient (Wildman–Crippen LogP) is 2.37. The van der Waals surface area contributed by atoms with Crippen LogP contribution in [0.5, 0.6) is 0 Å². The van der Waals surface area contributed by atoms with Gasteiger partial charge in [0.15, 0.2) is 5.79 Å². The van der Waals surface area contributed by atoms with E-state index in [9.17, 15) is 10.2 Å². The van der Waals surface area contributed by atoms with Crippen molar-refractivity contribution in [3.05, 3.63) is 0 Å². The molecule has 0 bridgehead atoms. The zero-order chi connectivity index (χ0) is 13.6. The Hall–Kier alpha value is -0.120. The normalized spacial score (nSPS) is 33.5. The molecule has 2 heterocycles. The van der Waals surface area contributed by atoms with Crippen LogP contribution in [0.3, 0.4) is 0 Å². The SMILES string of the molecule is CC.CC(C)C(O)(O)C12CCCN1CCC21CC1. The Morgan fingerprint density at radius 1 is 1.00 bits per heavy atom. The van der Waals surface area contributed by atoms with Crippen molar-refractivity contribution in [3.63, 3.8) is 0 Å². The minimum absolute atomic E-state index is 0.0938. The van der Waals surface area contributed by atoms with Crippen LogP contribution in [0.15, 0.2) is 0 Å². The van der Waals surface area contributed by atoms with Gasteiger partial charge in [0.1, 0.15) is 0 Å². The molecule has 0 aromatic heterocycles. The standard InChI is InChI=1S/C13H23NO2.C2H6/c1-10(2)13(15,16)12-4-3-8-14(12)9-7-11(12)5-6-11;1-2/h10,15-16H,3-9H2,1-2H3;1-2H3. The van der Waals surface area contributed by atoms with Gasteiger partial charge in [-0.3, -0.25) is 4.90 Å². The number of hydrogen-bond donors (Lipinski definition) is 2. The highest BCUT2D eigenvalue weighted by Gasteiger charge is 2.74. The molecule has 2 aliphatic heterocycles. The number of nitrogens with zero attached hydrogens (tertiary/aromatic N) is 1. The van der Waals surface area contributed by atoms with Crippen LogP contribution in [-0.2, 0) is 0 Å². The third-order valence-corrected chi connectivity index (χ3v) is 5.51. The van der Waals surface area contributed by atoms with Crippen molar-refractivity contribution in [2.24, 2.45) is 11.3 Å². The van der Waals surface area contributed by atoms with E-state index in [0.717, 1.165) is 25.9 Å². The highest BCUT2D eigenvalue weighted by atomic mass is 16.5. The van der Waals surface area contributed by atoms with Gasteiger partial charge < -0.3 is 10.2 Å². The summed E-state index contributed by atoms with van der Waals surface area (Å²) >= 11 is 0. The topological polar surface area (TPSA) is 43.7 Å². The van der Waals surface area contributed by atoms with Crippen LogP contribution >= 0.6 is 0 Å². The first-order chi connectivity index (χ1) is 8.46. The first-order valence-corrected chi connectivity index (χ1v) is 7.66. The first-order valence-electron chi connectivity index (χ1n) is 7.66. The van der Waals surface area contributed by atoms with Gasteiger partial charge in [0.25, 0.3) is 0 Å². The summed E-state index contributed by atoms with van der Waals surface area (Å²) in [5.74, 6) is -1.61. The minimum atomic E-state index is -1.52. The fourth-order valence-electron chi connectivity index (χ4n) is 4.43. The minimum Gasteiger partial charge on any atom is -0.364 e. The van der Waals surface area contributed by atoms with E-state index in [0.29, 0.717) is 0 Å². The van der Waals surface area contributed by atoms with Gasteiger partial charge in [-0.25, -0.2) is 0 Å². The van der Waals surface area contributed by atoms with E-state index in [2.05, 4.69) is 4.90 Å². The Labute approximate surface area is 111 Å². The summed E-state index contributed by atoms with van der Waals surface area (Å²) in [4.78, 5) is 2.38. The Morgan fingerprint density at radius 3 is 2.11 bits per heavy atom. The summed E-state index contributed by atoms with van der Waals surface area (Å²) in [6, 6.07) is 0. The summed E-state index contributed by atoms with van der Waals surface area (Å²) in [6.45, 7) is 9.98. The lowest BCUT2D eigenvalue weighted by Gasteiger charge is -2.49. The van der Waals surface area contributed by atoms with E-state index in [1.54, 1.807) is 0 Å². The number of rotatable bonds is 2. The number of aliphatic hydroxyl groups is 2. The van der Waals surface area contributed by atoms with Crippen molar-refractivity contribution in [2.45, 2.75) is 71.1 Å². The second kappa shape index (κ2) is 4.46. The van der Waals surface area contributed by atoms with Crippen LogP contribution in [0.1, 0.15) is 59.8 Å². The molecule has 3 fully saturated rings. The fourth-order valence-corrected chi connectivity index (χ4v) is 4.43. The van der Waals surface area contributed by atoms with E-state index >= 15 is 0 Å². The summed E-state index contributed by atoms with van der Waals surface area (Å²) < 4.78 is 0. The lowest BCUT2D eigenvalue weighted by Crippen LogP contribution is -2.65. The molecule has 18 heavy (non-hydrogen) atoms. The van der Waals surface area contributed by atoms with Crippen LogP contribution in [0.4, 0.5) is 0 Å². The van der Waals surface area contributed by atoms with Crippen molar-refractivity contribution in [1.82, 2.24) is 4.90 Å². The van der Waals surface area contributed by atoms with Crippen LogP contribution < -0.4 is 0 Å². The maximum absolute atomic E-state index is 10.6. The molecule has 1 spiro atoms. The second-order valence-corrected chi connectivity index (χ2v) is 6.36. The van der Waals surface area contributed by atoms with E-state index < -0.39 is 5.79 Å². The van der Waals surface area contributed by atoms with E-state index in [1.807, 2.05) is 27.7 Å². The Kier molecular flexibility index (Phi) is 3.54. The molecule has 3 heteroatoms. The van der Waals surface area contributed by atoms with Crippen molar-refractivity contribution < 1.29 is 10.2 Å². The summed E-state index contributed by atoms with van der Waals surface area (Å²) in [6.07, 6.45) is 5.65. The third kappa shape index (κ3) is 1.53. The van der Waals surface area contributed by atoms with Gasteiger partial charge in [0, 0.05) is 5.92 Å². The van der Waals surface area contributed by atoms with Gasteiger partial charge in [-0.2, -0.15) is 0 Å². The molecular weight excluding hydrogens is 226 g/mol. The molecule has 1 unspecified atom stereocenters. The van der Waals surface area contributed by atoms with Crippen molar-refractivity contribution in [2.75, 3.05) is 13.1 Å². The van der Waals surface area contributed by atoms with Crippen molar-refractivity contribution >= 4 is 0 Å². The zero-order valence-electron chi connectivity index (χ0n) is 12.4. The predicted molar refractivity (Wildman–Crippen MR) is 73.2 cm³/mol. The summed E-state index contributed by atoms with van der Waals surface area (Å²) in [7, 11) is 0. The van der Waals surface area contributed by atoms with Gasteiger partial charge in [-0.15, -0.1) is 0 Å². The molecule has 3 nitrogen and oxygen atoms in total. The van der Waals surface area contributed by atoms with Gasteiger partial charge in [-0.1, -0.05) is 27.7 Å². The van der Waals surface area contributed by atoms with Gasteiger partial charge in [-0.05, 0) is 50.6 Å². The highest BCUT2D eigenvalue weighted by Crippen LogP contribution is 2.69. The Morgan fingerprint density at radius 2 is 1.61 bits per heavy atom. The molecular formula is C15H29NO2. The van der Waals surface area contributed by atoms with Gasteiger partial charge >= 0.3 is 0 Å². The monoisotopic (exact) mass is 255 g/mol. The molecule has 0 amide bonds. The smallest absolute Gasteiger partial charge is 0.184 e.